The van der Waals surface area contributed by atoms with Crippen LogP contribution in [0.25, 0.3) is 0 Å². The van der Waals surface area contributed by atoms with E-state index in [1.54, 1.807) is 12.1 Å². The molecule has 0 N–H and O–H groups in total. The van der Waals surface area contributed by atoms with Crippen molar-refractivity contribution in [3.63, 3.8) is 0 Å². The van der Waals surface area contributed by atoms with Crippen molar-refractivity contribution in [2.75, 3.05) is 0 Å². The molecule has 1 rings (SSSR count). The fourth-order valence-corrected chi connectivity index (χ4v) is 1.47. The van der Waals surface area contributed by atoms with Crippen LogP contribution in [-0.2, 0) is 11.3 Å². The van der Waals surface area contributed by atoms with Crippen molar-refractivity contribution in [3.8, 4) is 0 Å². The van der Waals surface area contributed by atoms with Crippen molar-refractivity contribution in [2.24, 2.45) is 4.99 Å². The summed E-state index contributed by atoms with van der Waals surface area (Å²) in [5.41, 5.74) is 0.319. The van der Waals surface area contributed by atoms with Crippen molar-refractivity contribution in [1.29, 1.82) is 0 Å². The predicted molar refractivity (Wildman–Crippen MR) is 52.6 cm³/mol. The van der Waals surface area contributed by atoms with Crippen LogP contribution in [0.1, 0.15) is 5.56 Å². The zero-order valence-electron chi connectivity index (χ0n) is 6.94. The molecule has 0 aromatic heterocycles. The van der Waals surface area contributed by atoms with E-state index in [-0.39, 0.29) is 12.2 Å². The Hall–Kier alpha value is -1.52. The molecule has 14 heavy (non-hydrogen) atoms. The highest BCUT2D eigenvalue weighted by Gasteiger charge is 2.15. The highest BCUT2D eigenvalue weighted by atomic mass is 79.9. The van der Waals surface area contributed by atoms with E-state index in [1.807, 2.05) is 0 Å². The van der Waals surface area contributed by atoms with Gasteiger partial charge in [-0.3, -0.25) is 10.1 Å². The quantitative estimate of drug-likeness (QED) is 0.360. The summed E-state index contributed by atoms with van der Waals surface area (Å²) in [6, 6.07) is 4.57. The number of halogens is 1. The van der Waals surface area contributed by atoms with Crippen LogP contribution in [0.3, 0.4) is 0 Å². The Labute approximate surface area is 87.7 Å². The molecule has 6 heteroatoms. The second-order valence-electron chi connectivity index (χ2n) is 2.40. The van der Waals surface area contributed by atoms with Crippen molar-refractivity contribution in [2.45, 2.75) is 6.54 Å². The first kappa shape index (κ1) is 10.6. The van der Waals surface area contributed by atoms with Gasteiger partial charge in [-0.25, -0.2) is 9.79 Å². The van der Waals surface area contributed by atoms with E-state index in [1.165, 1.54) is 12.1 Å². The van der Waals surface area contributed by atoms with Gasteiger partial charge in [0.25, 0.3) is 5.69 Å². The number of aliphatic imine (C=N–C) groups is 1. The zero-order chi connectivity index (χ0) is 10.6. The first-order valence-corrected chi connectivity index (χ1v) is 4.41. The molecule has 5 nitrogen and oxygen atoms in total. The highest BCUT2D eigenvalue weighted by Crippen LogP contribution is 2.26. The molecular formula is C8H5BrN2O3. The fraction of sp³-hybridized carbons (Fsp3) is 0.125. The third kappa shape index (κ3) is 2.25. The minimum atomic E-state index is -0.513. The first-order valence-electron chi connectivity index (χ1n) is 3.62. The van der Waals surface area contributed by atoms with E-state index >= 15 is 0 Å². The van der Waals surface area contributed by atoms with Crippen molar-refractivity contribution in [1.82, 2.24) is 0 Å². The maximum Gasteiger partial charge on any atom is 0.275 e. The van der Waals surface area contributed by atoms with Crippen LogP contribution in [0, 0.1) is 10.1 Å². The van der Waals surface area contributed by atoms with E-state index in [9.17, 15) is 14.9 Å². The molecule has 0 saturated heterocycles. The summed E-state index contributed by atoms with van der Waals surface area (Å²) in [6.07, 6.45) is 1.34. The average Bonchev–Trinajstić information content (AvgIpc) is 2.15. The summed E-state index contributed by atoms with van der Waals surface area (Å²) in [6.45, 7) is -0.0404. The molecule has 0 amide bonds. The van der Waals surface area contributed by atoms with Gasteiger partial charge in [-0.1, -0.05) is 22.0 Å². The Bertz CT molecular complexity index is 413. The number of benzene rings is 1. The molecule has 1 aromatic carbocycles. The summed E-state index contributed by atoms with van der Waals surface area (Å²) >= 11 is 3.15. The van der Waals surface area contributed by atoms with Gasteiger partial charge < -0.3 is 0 Å². The summed E-state index contributed by atoms with van der Waals surface area (Å²) < 4.78 is 0.561. The molecule has 0 aliphatic rings. The molecule has 0 atom stereocenters. The molecule has 0 fully saturated rings. The molecule has 72 valence electrons. The van der Waals surface area contributed by atoms with Crippen LogP contribution < -0.4 is 0 Å². The molecule has 1 aromatic rings. The van der Waals surface area contributed by atoms with Gasteiger partial charge >= 0.3 is 0 Å². The molecule has 0 bridgehead atoms. The number of isocyanates is 1. The monoisotopic (exact) mass is 256 g/mol. The van der Waals surface area contributed by atoms with Gasteiger partial charge in [-0.2, -0.15) is 0 Å². The van der Waals surface area contributed by atoms with Crippen LogP contribution >= 0.6 is 15.9 Å². The van der Waals surface area contributed by atoms with Crippen molar-refractivity contribution >= 4 is 27.7 Å². The zero-order valence-corrected chi connectivity index (χ0v) is 8.52. The minimum Gasteiger partial charge on any atom is -0.258 e. The fourth-order valence-electron chi connectivity index (χ4n) is 0.986. The van der Waals surface area contributed by atoms with Crippen molar-refractivity contribution in [3.05, 3.63) is 38.3 Å². The Kier molecular flexibility index (Phi) is 3.50. The summed E-state index contributed by atoms with van der Waals surface area (Å²) in [7, 11) is 0. The van der Waals surface area contributed by atoms with Gasteiger partial charge in [-0.05, 0) is 6.07 Å². The number of carbonyl (C=O) groups excluding carboxylic acids is 1. The molecule has 0 saturated carbocycles. The largest absolute Gasteiger partial charge is 0.275 e. The summed E-state index contributed by atoms with van der Waals surface area (Å²) in [5, 5.41) is 10.6. The van der Waals surface area contributed by atoms with Gasteiger partial charge in [0, 0.05) is 10.5 Å². The topological polar surface area (TPSA) is 72.6 Å². The molecule has 0 aliphatic carbocycles. The van der Waals surface area contributed by atoms with Crippen LogP contribution in [0.4, 0.5) is 5.69 Å². The Morgan fingerprint density at radius 3 is 2.86 bits per heavy atom. The summed E-state index contributed by atoms with van der Waals surface area (Å²) in [5.74, 6) is 0. The highest BCUT2D eigenvalue weighted by molar-refractivity contribution is 9.10. The molecule has 0 radical (unpaired) electrons. The maximum atomic E-state index is 10.6. The second kappa shape index (κ2) is 4.64. The average molecular weight is 257 g/mol. The first-order chi connectivity index (χ1) is 6.66. The van der Waals surface area contributed by atoms with Gasteiger partial charge in [0.15, 0.2) is 0 Å². The normalized spacial score (nSPS) is 9.21. The Balaban J connectivity index is 3.21. The third-order valence-electron chi connectivity index (χ3n) is 1.59. The summed E-state index contributed by atoms with van der Waals surface area (Å²) in [4.78, 5) is 23.3. The third-order valence-corrected chi connectivity index (χ3v) is 2.34. The smallest absolute Gasteiger partial charge is 0.258 e. The number of nitro groups is 1. The van der Waals surface area contributed by atoms with Crippen LogP contribution in [-0.4, -0.2) is 11.0 Å². The Morgan fingerprint density at radius 2 is 2.29 bits per heavy atom. The predicted octanol–water partition coefficient (Wildman–Crippen LogP) is 2.19. The molecule has 0 heterocycles. The van der Waals surface area contributed by atoms with E-state index in [0.29, 0.717) is 10.0 Å². The lowest BCUT2D eigenvalue weighted by Gasteiger charge is -2.00. The molecular weight excluding hydrogens is 252 g/mol. The second-order valence-corrected chi connectivity index (χ2v) is 3.26. The van der Waals surface area contributed by atoms with Crippen LogP contribution in [0.15, 0.2) is 27.7 Å². The Morgan fingerprint density at radius 1 is 1.57 bits per heavy atom. The number of nitrogens with zero attached hydrogens (tertiary/aromatic N) is 2. The molecule has 0 spiro atoms. The van der Waals surface area contributed by atoms with Gasteiger partial charge in [0.2, 0.25) is 6.08 Å². The van der Waals surface area contributed by atoms with Gasteiger partial charge in [0.05, 0.1) is 17.0 Å². The number of rotatable bonds is 3. The van der Waals surface area contributed by atoms with E-state index in [0.717, 1.165) is 0 Å². The SMILES string of the molecule is O=C=NCc1c(Br)cccc1[N+](=O)[O-]. The number of hydrogen-bond donors (Lipinski definition) is 0. The van der Waals surface area contributed by atoms with E-state index in [4.69, 9.17) is 0 Å². The number of nitro benzene ring substituents is 1. The van der Waals surface area contributed by atoms with Crippen molar-refractivity contribution < 1.29 is 9.72 Å². The van der Waals surface area contributed by atoms with Crippen LogP contribution in [0.2, 0.25) is 0 Å². The minimum absolute atomic E-state index is 0.0404. The molecule has 0 unspecified atom stereocenters. The lowest BCUT2D eigenvalue weighted by atomic mass is 10.2. The van der Waals surface area contributed by atoms with E-state index < -0.39 is 4.92 Å². The van der Waals surface area contributed by atoms with Crippen LogP contribution in [0.5, 0.6) is 0 Å². The lowest BCUT2D eigenvalue weighted by Crippen LogP contribution is -1.95. The maximum absolute atomic E-state index is 10.6. The lowest BCUT2D eigenvalue weighted by molar-refractivity contribution is -0.385. The molecule has 0 aliphatic heterocycles. The van der Waals surface area contributed by atoms with Gasteiger partial charge in [-0.15, -0.1) is 0 Å². The number of hydrogen-bond acceptors (Lipinski definition) is 4. The van der Waals surface area contributed by atoms with E-state index in [2.05, 4.69) is 20.9 Å². The standard InChI is InChI=1S/C8H5BrN2O3/c9-7-2-1-3-8(11(13)14)6(7)4-10-5-12/h1-3H,4H2. The van der Waals surface area contributed by atoms with Gasteiger partial charge in [0.1, 0.15) is 0 Å².